The van der Waals surface area contributed by atoms with Crippen molar-refractivity contribution in [3.63, 3.8) is 0 Å². The van der Waals surface area contributed by atoms with Gasteiger partial charge < -0.3 is 15.1 Å². The highest BCUT2D eigenvalue weighted by atomic mass is 19.1. The van der Waals surface area contributed by atoms with Crippen LogP contribution in [0.5, 0.6) is 0 Å². The lowest BCUT2D eigenvalue weighted by atomic mass is 10.0. The number of hydrogen-bond donors (Lipinski definition) is 3. The molecule has 2 saturated heterocycles. The number of amides is 3. The van der Waals surface area contributed by atoms with Crippen molar-refractivity contribution in [1.29, 1.82) is 0 Å². The molecule has 3 aliphatic rings. The topological polar surface area (TPSA) is 140 Å². The summed E-state index contributed by atoms with van der Waals surface area (Å²) >= 11 is 0. The van der Waals surface area contributed by atoms with E-state index in [2.05, 4.69) is 10.3 Å². The second kappa shape index (κ2) is 8.82. The second-order valence-electron chi connectivity index (χ2n) is 9.01. The lowest BCUT2D eigenvalue weighted by Crippen LogP contribution is -2.52. The summed E-state index contributed by atoms with van der Waals surface area (Å²) in [4.78, 5) is 55.2. The maximum Gasteiger partial charge on any atom is 0.323 e. The fourth-order valence-corrected chi connectivity index (χ4v) is 5.08. The first-order valence-corrected chi connectivity index (χ1v) is 11.3. The fraction of sp³-hybridized carbons (Fsp3) is 0.375. The predicted octanol–water partition coefficient (Wildman–Crippen LogP) is 0.668. The number of nitrogens with zero attached hydrogens (tertiary/aromatic N) is 3. The van der Waals surface area contributed by atoms with Crippen molar-refractivity contribution in [2.24, 2.45) is 0 Å². The Balaban J connectivity index is 1.39. The number of rotatable bonds is 5. The Hall–Kier alpha value is -3.70. The van der Waals surface area contributed by atoms with Gasteiger partial charge in [-0.1, -0.05) is 6.07 Å². The number of aliphatic hydroxyl groups is 1. The number of pyridine rings is 1. The van der Waals surface area contributed by atoms with Crippen LogP contribution in [0.1, 0.15) is 40.7 Å². The number of carboxylic acid groups (broad SMARTS) is 1. The van der Waals surface area contributed by atoms with Gasteiger partial charge in [0.1, 0.15) is 17.8 Å². The van der Waals surface area contributed by atoms with Crippen LogP contribution in [0.25, 0.3) is 11.3 Å². The molecule has 1 aromatic heterocycles. The molecule has 1 aromatic carbocycles. The van der Waals surface area contributed by atoms with E-state index < -0.39 is 35.9 Å². The molecule has 3 N–H and O–H groups in total. The molecule has 5 rings (SSSR count). The number of nitrogens with one attached hydrogen (secondary N) is 1. The molecule has 35 heavy (non-hydrogen) atoms. The van der Waals surface area contributed by atoms with E-state index in [0.29, 0.717) is 29.7 Å². The molecule has 3 aliphatic heterocycles. The number of likely N-dealkylation sites (tertiary alicyclic amines) is 1. The minimum Gasteiger partial charge on any atom is -0.480 e. The highest BCUT2D eigenvalue weighted by Gasteiger charge is 2.40. The smallest absolute Gasteiger partial charge is 0.323 e. The number of carboxylic acids is 1. The van der Waals surface area contributed by atoms with E-state index in [9.17, 15) is 29.4 Å². The number of benzene rings is 1. The van der Waals surface area contributed by atoms with Crippen LogP contribution in [-0.2, 0) is 27.5 Å². The lowest BCUT2D eigenvalue weighted by molar-refractivity contribution is -0.145. The molecule has 2 fully saturated rings. The van der Waals surface area contributed by atoms with Crippen LogP contribution in [0.2, 0.25) is 0 Å². The van der Waals surface area contributed by atoms with Crippen LogP contribution in [0, 0.1) is 5.82 Å². The van der Waals surface area contributed by atoms with E-state index in [1.165, 1.54) is 22.1 Å². The fourth-order valence-electron chi connectivity index (χ4n) is 5.08. The third-order valence-corrected chi connectivity index (χ3v) is 6.86. The summed E-state index contributed by atoms with van der Waals surface area (Å²) in [6, 6.07) is 4.45. The minimum absolute atomic E-state index is 0.00208. The molecule has 2 aromatic rings. The molecule has 0 spiro atoms. The Kier molecular flexibility index (Phi) is 5.81. The van der Waals surface area contributed by atoms with Gasteiger partial charge in [-0.15, -0.1) is 0 Å². The highest BCUT2D eigenvalue weighted by Crippen LogP contribution is 2.32. The van der Waals surface area contributed by atoms with E-state index in [1.807, 2.05) is 0 Å². The Morgan fingerprint density at radius 3 is 2.74 bits per heavy atom. The zero-order valence-electron chi connectivity index (χ0n) is 18.6. The Bertz CT molecular complexity index is 1250. The molecule has 3 amide bonds. The number of carbonyl (C=O) groups is 4. The lowest BCUT2D eigenvalue weighted by Gasteiger charge is -2.29. The summed E-state index contributed by atoms with van der Waals surface area (Å²) in [7, 11) is 0. The van der Waals surface area contributed by atoms with Crippen LogP contribution in [0.4, 0.5) is 4.39 Å². The molecule has 182 valence electrons. The third kappa shape index (κ3) is 4.06. The van der Waals surface area contributed by atoms with E-state index in [1.54, 1.807) is 18.2 Å². The van der Waals surface area contributed by atoms with Gasteiger partial charge >= 0.3 is 5.97 Å². The normalized spacial score (nSPS) is 24.6. The summed E-state index contributed by atoms with van der Waals surface area (Å²) in [5.41, 5.74) is 1.78. The van der Waals surface area contributed by atoms with E-state index in [4.69, 9.17) is 0 Å². The molecule has 10 nitrogen and oxygen atoms in total. The number of aliphatic carboxylic acids is 1. The summed E-state index contributed by atoms with van der Waals surface area (Å²) in [5, 5.41) is 21.6. The monoisotopic (exact) mass is 482 g/mol. The van der Waals surface area contributed by atoms with E-state index >= 15 is 4.39 Å². The molecule has 4 heterocycles. The summed E-state index contributed by atoms with van der Waals surface area (Å²) in [6.07, 6.45) is 1.11. The first-order chi connectivity index (χ1) is 16.7. The van der Waals surface area contributed by atoms with Crippen molar-refractivity contribution < 1.29 is 33.8 Å². The molecule has 3 atom stereocenters. The number of fused-ring (bicyclic) bond motifs is 1. The van der Waals surface area contributed by atoms with Gasteiger partial charge in [0, 0.05) is 48.9 Å². The molecule has 0 aliphatic carbocycles. The molecule has 11 heteroatoms. The van der Waals surface area contributed by atoms with Crippen LogP contribution in [-0.4, -0.2) is 73.4 Å². The van der Waals surface area contributed by atoms with Crippen molar-refractivity contribution in [1.82, 2.24) is 20.1 Å². The average molecular weight is 482 g/mol. The summed E-state index contributed by atoms with van der Waals surface area (Å²) < 4.78 is 15.5. The number of carbonyl (C=O) groups excluding carboxylic acids is 3. The maximum absolute atomic E-state index is 15.5. The zero-order valence-corrected chi connectivity index (χ0v) is 18.6. The van der Waals surface area contributed by atoms with Gasteiger partial charge in [0.2, 0.25) is 11.8 Å². The number of imide groups is 1. The van der Waals surface area contributed by atoms with Gasteiger partial charge in [-0.05, 0) is 36.6 Å². The largest absolute Gasteiger partial charge is 0.480 e. The van der Waals surface area contributed by atoms with Crippen LogP contribution in [0.3, 0.4) is 0 Å². The van der Waals surface area contributed by atoms with Crippen LogP contribution >= 0.6 is 0 Å². The van der Waals surface area contributed by atoms with Gasteiger partial charge in [0.15, 0.2) is 5.82 Å². The Labute approximate surface area is 199 Å². The van der Waals surface area contributed by atoms with Crippen molar-refractivity contribution in [3.8, 4) is 11.3 Å². The first kappa shape index (κ1) is 23.1. The molecule has 0 radical (unpaired) electrons. The molecule has 0 saturated carbocycles. The van der Waals surface area contributed by atoms with E-state index in [-0.39, 0.29) is 49.0 Å². The van der Waals surface area contributed by atoms with Crippen molar-refractivity contribution in [3.05, 3.63) is 53.0 Å². The van der Waals surface area contributed by atoms with Crippen molar-refractivity contribution in [2.75, 3.05) is 6.54 Å². The van der Waals surface area contributed by atoms with Crippen molar-refractivity contribution in [2.45, 2.75) is 50.5 Å². The number of piperidine rings is 1. The molecular weight excluding hydrogens is 459 g/mol. The average Bonchev–Trinajstić information content (AvgIpc) is 3.34. The predicted molar refractivity (Wildman–Crippen MR) is 118 cm³/mol. The maximum atomic E-state index is 15.5. The number of aliphatic hydroxyl groups excluding tert-OH is 1. The van der Waals surface area contributed by atoms with Gasteiger partial charge in [-0.3, -0.25) is 34.4 Å². The SMILES string of the molecule is O=C1CCC(N2Cc3cc(-c4nccc(CN5CC[C@@H](O)[C@H]5C(=O)O)c4F)ccc3C2=O)C(=O)N1. The van der Waals surface area contributed by atoms with Gasteiger partial charge in [-0.2, -0.15) is 0 Å². The van der Waals surface area contributed by atoms with Crippen molar-refractivity contribution >= 4 is 23.7 Å². The Morgan fingerprint density at radius 1 is 1.20 bits per heavy atom. The standard InChI is InChI=1S/C24H23FN4O6/c25-19-13(10-28-8-6-17(30)21(28)24(34)35)5-7-26-20(19)12-1-2-15-14(9-12)11-29(23(15)33)16-3-4-18(31)27-22(16)32/h1-2,5,7,9,16-17,21,30H,3-4,6,8,10-11H2,(H,34,35)(H,27,31,32)/t16?,17-,21+/m1/s1. The number of hydrogen-bond acceptors (Lipinski definition) is 7. The quantitative estimate of drug-likeness (QED) is 0.529. The molecule has 0 bridgehead atoms. The minimum atomic E-state index is -1.16. The zero-order chi connectivity index (χ0) is 24.9. The van der Waals surface area contributed by atoms with E-state index in [0.717, 1.165) is 0 Å². The molecule has 1 unspecified atom stereocenters. The van der Waals surface area contributed by atoms with Gasteiger partial charge in [0.25, 0.3) is 5.91 Å². The second-order valence-corrected chi connectivity index (χ2v) is 9.01. The number of halogens is 1. The van der Waals surface area contributed by atoms with Crippen LogP contribution < -0.4 is 5.32 Å². The Morgan fingerprint density at radius 2 is 2.00 bits per heavy atom. The summed E-state index contributed by atoms with van der Waals surface area (Å²) in [6.45, 7) is 0.482. The summed E-state index contributed by atoms with van der Waals surface area (Å²) in [5.74, 6) is -2.96. The first-order valence-electron chi connectivity index (χ1n) is 11.3. The highest BCUT2D eigenvalue weighted by molar-refractivity contribution is 6.05. The van der Waals surface area contributed by atoms with Crippen LogP contribution in [0.15, 0.2) is 30.5 Å². The third-order valence-electron chi connectivity index (χ3n) is 6.86. The van der Waals surface area contributed by atoms with Gasteiger partial charge in [-0.25, -0.2) is 4.39 Å². The number of aromatic nitrogens is 1. The molecular formula is C24H23FN4O6. The van der Waals surface area contributed by atoms with Gasteiger partial charge in [0.05, 0.1) is 6.10 Å².